The van der Waals surface area contributed by atoms with Crippen LogP contribution < -0.4 is 0 Å². The van der Waals surface area contributed by atoms with E-state index in [2.05, 4.69) is 118 Å². The van der Waals surface area contributed by atoms with E-state index in [0.717, 1.165) is 96.3 Å². The van der Waals surface area contributed by atoms with Gasteiger partial charge in [-0.25, -0.2) is 4.79 Å². The van der Waals surface area contributed by atoms with Gasteiger partial charge in [-0.15, -0.1) is 0 Å². The van der Waals surface area contributed by atoms with E-state index in [9.17, 15) is 34.5 Å². The number of allylic oxidation sites excluding steroid dienone is 18. The lowest BCUT2D eigenvalue weighted by atomic mass is 9.98. The van der Waals surface area contributed by atoms with Crippen molar-refractivity contribution in [3.05, 3.63) is 109 Å². The minimum atomic E-state index is -1.93. The molecule has 3 N–H and O–H groups in total. The van der Waals surface area contributed by atoms with Crippen LogP contribution in [0.1, 0.15) is 213 Å². The van der Waals surface area contributed by atoms with Crippen LogP contribution in [-0.4, -0.2) is 89.2 Å². The first-order chi connectivity index (χ1) is 36.6. The molecule has 1 aliphatic rings. The molecule has 0 saturated carbocycles. The van der Waals surface area contributed by atoms with Crippen molar-refractivity contribution >= 4 is 23.9 Å². The van der Waals surface area contributed by atoms with Crippen molar-refractivity contribution in [2.75, 3.05) is 13.2 Å². The van der Waals surface area contributed by atoms with Gasteiger partial charge in [0.15, 0.2) is 24.6 Å². The van der Waals surface area contributed by atoms with Crippen molar-refractivity contribution in [1.82, 2.24) is 0 Å². The Bertz CT molecular complexity index is 1720. The number of unbranched alkanes of at least 4 members (excludes halogenated alkanes) is 15. The van der Waals surface area contributed by atoms with E-state index in [1.54, 1.807) is 0 Å². The number of ether oxygens (including phenoxy) is 5. The molecule has 1 saturated heterocycles. The summed E-state index contributed by atoms with van der Waals surface area (Å²) >= 11 is 0. The van der Waals surface area contributed by atoms with E-state index < -0.39 is 67.3 Å². The largest absolute Gasteiger partial charge is 0.479 e. The normalized spacial score (nSPS) is 19.0. The SMILES string of the molecule is CC/C=C\C/C=C\C/C=C\C/C=C\C/C=C\CCCCCC(=O)OC1C(OCC(COC(=O)CC/C=C\C/C=C\C/C=C\C/C=C\CC)OC(=O)CCCCCCCCCCCCCCC)OC(C(=O)O)C(O)C1O. The summed E-state index contributed by atoms with van der Waals surface area (Å²) in [6.45, 7) is 5.67. The maximum Gasteiger partial charge on any atom is 0.335 e. The molecule has 75 heavy (non-hydrogen) atoms. The van der Waals surface area contributed by atoms with Crippen molar-refractivity contribution < 1.29 is 58.2 Å². The fourth-order valence-corrected chi connectivity index (χ4v) is 8.00. The van der Waals surface area contributed by atoms with Crippen molar-refractivity contribution in [2.24, 2.45) is 0 Å². The van der Waals surface area contributed by atoms with Crippen LogP contribution in [-0.2, 0) is 42.9 Å². The number of carbonyl (C=O) groups is 4. The van der Waals surface area contributed by atoms with Gasteiger partial charge in [0.1, 0.15) is 18.8 Å². The zero-order valence-corrected chi connectivity index (χ0v) is 46.5. The Morgan fingerprint density at radius 1 is 0.453 bits per heavy atom. The van der Waals surface area contributed by atoms with Crippen LogP contribution in [0.2, 0.25) is 0 Å². The summed E-state index contributed by atoms with van der Waals surface area (Å²) in [6, 6.07) is 0. The van der Waals surface area contributed by atoms with Gasteiger partial charge in [-0.3, -0.25) is 14.4 Å². The Hall–Kier alpha value is -4.62. The maximum atomic E-state index is 13.1. The topological polar surface area (TPSA) is 175 Å². The standard InChI is InChI=1S/C63H100O12/c1-4-7-10-13-16-19-22-25-26-27-28-29-30-33-36-39-42-45-48-51-57(66)74-61-59(68)58(67)60(62(69)70)75-63(61)72-53-54(73-56(65)50-47-44-41-38-35-32-24-21-18-15-12-9-6-3)52-71-55(64)49-46-43-40-37-34-31-23-20-17-14-11-8-5-2/h7-8,10-11,16-17,19-20,25-26,28-29,31,33-34,36,40,43,54,58-61,63,67-68H,4-6,9,12-15,18,21-24,27,30,32,35,37-39,41-42,44-53H2,1-3H3,(H,69,70)/b10-7-,11-8-,19-16-,20-17-,26-25-,29-28-,34-31-,36-33-,43-40-. The molecule has 0 aromatic rings. The predicted octanol–water partition coefficient (Wildman–Crippen LogP) is 14.7. The molecule has 12 heteroatoms. The molecule has 1 rings (SSSR count). The minimum Gasteiger partial charge on any atom is -0.479 e. The van der Waals surface area contributed by atoms with Crippen molar-refractivity contribution in [3.63, 3.8) is 0 Å². The summed E-state index contributed by atoms with van der Waals surface area (Å²) in [6.07, 6.45) is 55.0. The number of aliphatic hydroxyl groups excluding tert-OH is 2. The second-order valence-corrected chi connectivity index (χ2v) is 19.2. The van der Waals surface area contributed by atoms with E-state index in [-0.39, 0.29) is 25.9 Å². The number of esters is 3. The average Bonchev–Trinajstić information content (AvgIpc) is 3.39. The fourth-order valence-electron chi connectivity index (χ4n) is 8.00. The number of aliphatic hydroxyl groups is 2. The third kappa shape index (κ3) is 40.3. The molecule has 0 bridgehead atoms. The smallest absolute Gasteiger partial charge is 0.335 e. The monoisotopic (exact) mass is 1050 g/mol. The van der Waals surface area contributed by atoms with E-state index in [1.165, 1.54) is 57.8 Å². The molecule has 0 spiro atoms. The molecule has 1 aliphatic heterocycles. The summed E-state index contributed by atoms with van der Waals surface area (Å²) in [5, 5.41) is 31.5. The minimum absolute atomic E-state index is 0.0103. The van der Waals surface area contributed by atoms with Crippen molar-refractivity contribution in [3.8, 4) is 0 Å². The number of aliphatic carboxylic acids is 1. The lowest BCUT2D eigenvalue weighted by molar-refractivity contribution is -0.301. The molecule has 424 valence electrons. The van der Waals surface area contributed by atoms with Crippen LogP contribution >= 0.6 is 0 Å². The Morgan fingerprint density at radius 3 is 1.33 bits per heavy atom. The first-order valence-electron chi connectivity index (χ1n) is 28.9. The third-order valence-electron chi connectivity index (χ3n) is 12.4. The van der Waals surface area contributed by atoms with Crippen LogP contribution in [0.5, 0.6) is 0 Å². The van der Waals surface area contributed by atoms with E-state index in [1.807, 2.05) is 12.2 Å². The van der Waals surface area contributed by atoms with Gasteiger partial charge in [-0.1, -0.05) is 214 Å². The van der Waals surface area contributed by atoms with Gasteiger partial charge >= 0.3 is 23.9 Å². The van der Waals surface area contributed by atoms with E-state index in [4.69, 9.17) is 23.7 Å². The van der Waals surface area contributed by atoms with Crippen LogP contribution in [0, 0.1) is 0 Å². The zero-order chi connectivity index (χ0) is 54.7. The maximum absolute atomic E-state index is 13.1. The molecule has 0 aliphatic carbocycles. The van der Waals surface area contributed by atoms with E-state index in [0.29, 0.717) is 19.3 Å². The molecule has 0 aromatic carbocycles. The lowest BCUT2D eigenvalue weighted by Gasteiger charge is -2.40. The molecular weight excluding hydrogens is 949 g/mol. The number of carboxylic acids is 1. The highest BCUT2D eigenvalue weighted by Gasteiger charge is 2.50. The Labute approximate surface area is 453 Å². The van der Waals surface area contributed by atoms with Crippen LogP contribution in [0.25, 0.3) is 0 Å². The highest BCUT2D eigenvalue weighted by Crippen LogP contribution is 2.26. The average molecular weight is 1050 g/mol. The first kappa shape index (κ1) is 68.4. The molecule has 0 amide bonds. The van der Waals surface area contributed by atoms with Crippen molar-refractivity contribution in [1.29, 1.82) is 0 Å². The summed E-state index contributed by atoms with van der Waals surface area (Å²) < 4.78 is 28.3. The Balaban J connectivity index is 2.75. The van der Waals surface area contributed by atoms with Gasteiger partial charge < -0.3 is 39.0 Å². The second-order valence-electron chi connectivity index (χ2n) is 19.2. The van der Waals surface area contributed by atoms with Gasteiger partial charge in [0.2, 0.25) is 0 Å². The number of rotatable bonds is 47. The molecule has 1 fully saturated rings. The number of carboxylic acid groups (broad SMARTS) is 1. The lowest BCUT2D eigenvalue weighted by Crippen LogP contribution is -2.61. The molecular formula is C63H100O12. The highest BCUT2D eigenvalue weighted by atomic mass is 16.7. The molecule has 0 aromatic heterocycles. The summed E-state index contributed by atoms with van der Waals surface area (Å²) in [5.74, 6) is -3.28. The molecule has 0 radical (unpaired) electrons. The summed E-state index contributed by atoms with van der Waals surface area (Å²) in [7, 11) is 0. The highest BCUT2D eigenvalue weighted by molar-refractivity contribution is 5.74. The van der Waals surface area contributed by atoms with Crippen LogP contribution in [0.4, 0.5) is 0 Å². The van der Waals surface area contributed by atoms with Crippen LogP contribution in [0.3, 0.4) is 0 Å². The van der Waals surface area contributed by atoms with Crippen LogP contribution in [0.15, 0.2) is 109 Å². The molecule has 12 nitrogen and oxygen atoms in total. The van der Waals surface area contributed by atoms with Gasteiger partial charge in [-0.2, -0.15) is 0 Å². The summed E-state index contributed by atoms with van der Waals surface area (Å²) in [5.41, 5.74) is 0. The first-order valence-corrected chi connectivity index (χ1v) is 28.9. The fraction of sp³-hybridized carbons (Fsp3) is 0.651. The second kappa shape index (κ2) is 50.2. The molecule has 1 heterocycles. The third-order valence-corrected chi connectivity index (χ3v) is 12.4. The number of hydrogen-bond donors (Lipinski definition) is 3. The van der Waals surface area contributed by atoms with Crippen molar-refractivity contribution in [2.45, 2.75) is 250 Å². The quantitative estimate of drug-likeness (QED) is 0.0228. The Morgan fingerprint density at radius 2 is 0.867 bits per heavy atom. The number of hydrogen-bond acceptors (Lipinski definition) is 11. The Kier molecular flexibility index (Phi) is 45.8. The molecule has 6 atom stereocenters. The van der Waals surface area contributed by atoms with Gasteiger partial charge in [-0.05, 0) is 89.9 Å². The van der Waals surface area contributed by atoms with Gasteiger partial charge in [0, 0.05) is 19.3 Å². The number of carbonyl (C=O) groups excluding carboxylic acids is 3. The van der Waals surface area contributed by atoms with Gasteiger partial charge in [0.05, 0.1) is 6.61 Å². The summed E-state index contributed by atoms with van der Waals surface area (Å²) in [4.78, 5) is 51.0. The predicted molar refractivity (Wildman–Crippen MR) is 303 cm³/mol. The van der Waals surface area contributed by atoms with E-state index >= 15 is 0 Å². The zero-order valence-electron chi connectivity index (χ0n) is 46.5. The molecule has 6 unspecified atom stereocenters. The van der Waals surface area contributed by atoms with Gasteiger partial charge in [0.25, 0.3) is 0 Å².